The minimum Gasteiger partial charge on any atom is -0.474 e. The summed E-state index contributed by atoms with van der Waals surface area (Å²) in [7, 11) is 0. The second-order valence-electron chi connectivity index (χ2n) is 6.30. The Kier molecular flexibility index (Phi) is 4.30. The van der Waals surface area contributed by atoms with E-state index in [1.54, 1.807) is 0 Å². The van der Waals surface area contributed by atoms with Crippen molar-refractivity contribution < 1.29 is 4.74 Å². The molecule has 0 amide bonds. The molecule has 0 radical (unpaired) electrons. The fraction of sp³-hybridized carbons (Fsp3) is 0.182. The molecule has 0 N–H and O–H groups in total. The topological polar surface area (TPSA) is 34.5 Å². The summed E-state index contributed by atoms with van der Waals surface area (Å²) in [5.74, 6) is 0.732. The minimum atomic E-state index is 0.0850. The molecule has 0 aliphatic carbocycles. The van der Waals surface area contributed by atoms with Crippen LogP contribution in [0.25, 0.3) is 0 Å². The van der Waals surface area contributed by atoms with Crippen LogP contribution in [0, 0.1) is 0 Å². The fourth-order valence-corrected chi connectivity index (χ4v) is 3.17. The molecule has 0 unspecified atom stereocenters. The Morgan fingerprint density at radius 1 is 0.840 bits per heavy atom. The van der Waals surface area contributed by atoms with Crippen molar-refractivity contribution >= 4 is 5.90 Å². The van der Waals surface area contributed by atoms with E-state index in [9.17, 15) is 0 Å². The monoisotopic (exact) mass is 328 g/mol. The zero-order valence-electron chi connectivity index (χ0n) is 14.2. The highest BCUT2D eigenvalue weighted by molar-refractivity contribution is 5.93. The first-order valence-corrected chi connectivity index (χ1v) is 8.59. The normalized spacial score (nSPS) is 16.6. The zero-order valence-corrected chi connectivity index (χ0v) is 14.2. The molecule has 124 valence electrons. The number of benzene rings is 2. The molecule has 3 aromatic rings. The van der Waals surface area contributed by atoms with Gasteiger partial charge in [0, 0.05) is 0 Å². The Hall–Kier alpha value is -2.94. The van der Waals surface area contributed by atoms with Crippen LogP contribution in [0.1, 0.15) is 35.4 Å². The van der Waals surface area contributed by atoms with Gasteiger partial charge in [0.2, 0.25) is 5.90 Å². The van der Waals surface area contributed by atoms with Crippen LogP contribution in [0.15, 0.2) is 83.9 Å². The maximum absolute atomic E-state index is 5.68. The Morgan fingerprint density at radius 2 is 1.48 bits per heavy atom. The highest BCUT2D eigenvalue weighted by Gasteiger charge is 2.21. The van der Waals surface area contributed by atoms with Gasteiger partial charge in [-0.05, 0) is 30.2 Å². The van der Waals surface area contributed by atoms with Crippen molar-refractivity contribution in [2.75, 3.05) is 6.61 Å². The van der Waals surface area contributed by atoms with E-state index in [1.807, 2.05) is 31.2 Å². The number of ether oxygens (including phenoxy) is 1. The first kappa shape index (κ1) is 15.6. The molecule has 2 aromatic carbocycles. The summed E-state index contributed by atoms with van der Waals surface area (Å²) in [5.41, 5.74) is 4.25. The van der Waals surface area contributed by atoms with Gasteiger partial charge in [-0.1, -0.05) is 66.7 Å². The van der Waals surface area contributed by atoms with E-state index in [-0.39, 0.29) is 12.0 Å². The maximum atomic E-state index is 5.68. The van der Waals surface area contributed by atoms with Crippen molar-refractivity contribution in [3.05, 3.63) is 101 Å². The SMILES string of the molecule is C[C@@H]1COC(c2cccc(C(c3ccccc3)c3ccccc3)n2)=N1. The van der Waals surface area contributed by atoms with E-state index in [1.165, 1.54) is 11.1 Å². The molecule has 3 heteroatoms. The standard InChI is InChI=1S/C22H20N2O/c1-16-15-25-22(23-16)20-14-8-13-19(24-20)21(17-9-4-2-5-10-17)18-11-6-3-7-12-18/h2-14,16,21H,15H2,1H3/t16-/m1/s1. The Bertz CT molecular complexity index is 835. The molecular weight excluding hydrogens is 308 g/mol. The van der Waals surface area contributed by atoms with Crippen molar-refractivity contribution in [3.63, 3.8) is 0 Å². The third-order valence-corrected chi connectivity index (χ3v) is 4.35. The van der Waals surface area contributed by atoms with E-state index in [0.717, 1.165) is 11.4 Å². The molecule has 0 saturated heterocycles. The highest BCUT2D eigenvalue weighted by Crippen LogP contribution is 2.30. The molecule has 25 heavy (non-hydrogen) atoms. The van der Waals surface area contributed by atoms with Gasteiger partial charge in [0.15, 0.2) is 0 Å². The number of rotatable bonds is 4. The van der Waals surface area contributed by atoms with Gasteiger partial charge in [0.1, 0.15) is 12.3 Å². The number of hydrogen-bond donors (Lipinski definition) is 0. The lowest BCUT2D eigenvalue weighted by molar-refractivity contribution is 0.323. The lowest BCUT2D eigenvalue weighted by Crippen LogP contribution is -2.10. The number of aliphatic imine (C=N–C) groups is 1. The largest absolute Gasteiger partial charge is 0.474 e. The predicted octanol–water partition coefficient (Wildman–Crippen LogP) is 4.43. The molecule has 1 atom stereocenters. The van der Waals surface area contributed by atoms with E-state index < -0.39 is 0 Å². The van der Waals surface area contributed by atoms with Gasteiger partial charge in [-0.3, -0.25) is 0 Å². The van der Waals surface area contributed by atoms with Gasteiger partial charge < -0.3 is 4.74 Å². The summed E-state index contributed by atoms with van der Waals surface area (Å²) in [6, 6.07) is 27.2. The van der Waals surface area contributed by atoms with Crippen LogP contribution >= 0.6 is 0 Å². The molecule has 0 saturated carbocycles. The third kappa shape index (κ3) is 3.31. The van der Waals surface area contributed by atoms with Gasteiger partial charge >= 0.3 is 0 Å². The number of pyridine rings is 1. The highest BCUT2D eigenvalue weighted by atomic mass is 16.5. The number of hydrogen-bond acceptors (Lipinski definition) is 3. The Labute approximate surface area is 148 Å². The first-order chi connectivity index (χ1) is 12.3. The van der Waals surface area contributed by atoms with Crippen molar-refractivity contribution in [3.8, 4) is 0 Å². The number of nitrogens with zero attached hydrogens (tertiary/aromatic N) is 2. The molecule has 0 spiro atoms. The quantitative estimate of drug-likeness (QED) is 0.710. The van der Waals surface area contributed by atoms with Gasteiger partial charge in [-0.15, -0.1) is 0 Å². The molecule has 0 bridgehead atoms. The van der Waals surface area contributed by atoms with Crippen LogP contribution in [0.4, 0.5) is 0 Å². The summed E-state index contributed by atoms with van der Waals surface area (Å²) in [6.07, 6.45) is 0. The molecule has 1 aliphatic heterocycles. The summed E-state index contributed by atoms with van der Waals surface area (Å²) >= 11 is 0. The maximum Gasteiger partial charge on any atom is 0.235 e. The van der Waals surface area contributed by atoms with Crippen molar-refractivity contribution in [2.45, 2.75) is 18.9 Å². The van der Waals surface area contributed by atoms with Crippen LogP contribution in [0.2, 0.25) is 0 Å². The Balaban J connectivity index is 1.79. The van der Waals surface area contributed by atoms with Crippen LogP contribution in [0.3, 0.4) is 0 Å². The molecule has 3 nitrogen and oxygen atoms in total. The third-order valence-electron chi connectivity index (χ3n) is 4.35. The van der Waals surface area contributed by atoms with E-state index >= 15 is 0 Å². The Morgan fingerprint density at radius 3 is 2.04 bits per heavy atom. The molecule has 4 rings (SSSR count). The van der Waals surface area contributed by atoms with Crippen LogP contribution in [0.5, 0.6) is 0 Å². The summed E-state index contributed by atoms with van der Waals surface area (Å²) in [5, 5.41) is 0. The average molecular weight is 328 g/mol. The van der Waals surface area contributed by atoms with Crippen LogP contribution in [-0.2, 0) is 4.74 Å². The average Bonchev–Trinajstić information content (AvgIpc) is 3.11. The van der Waals surface area contributed by atoms with Crippen molar-refractivity contribution in [1.82, 2.24) is 4.98 Å². The smallest absolute Gasteiger partial charge is 0.235 e. The van der Waals surface area contributed by atoms with Gasteiger partial charge in [0.05, 0.1) is 17.7 Å². The zero-order chi connectivity index (χ0) is 17.1. The van der Waals surface area contributed by atoms with Crippen molar-refractivity contribution in [2.24, 2.45) is 4.99 Å². The van der Waals surface area contributed by atoms with Gasteiger partial charge in [-0.2, -0.15) is 0 Å². The van der Waals surface area contributed by atoms with E-state index in [2.05, 4.69) is 59.6 Å². The number of aromatic nitrogens is 1. The molecule has 0 fully saturated rings. The lowest BCUT2D eigenvalue weighted by Gasteiger charge is -2.18. The predicted molar refractivity (Wildman–Crippen MR) is 100 cm³/mol. The fourth-order valence-electron chi connectivity index (χ4n) is 3.17. The summed E-state index contributed by atoms with van der Waals surface area (Å²) < 4.78 is 5.68. The second kappa shape index (κ2) is 6.89. The molecule has 1 aliphatic rings. The van der Waals surface area contributed by atoms with Crippen LogP contribution in [-0.4, -0.2) is 23.5 Å². The van der Waals surface area contributed by atoms with Crippen molar-refractivity contribution in [1.29, 1.82) is 0 Å². The second-order valence-corrected chi connectivity index (χ2v) is 6.30. The summed E-state index contributed by atoms with van der Waals surface area (Å²) in [4.78, 5) is 9.42. The van der Waals surface area contributed by atoms with Gasteiger partial charge in [0.25, 0.3) is 0 Å². The molecule has 2 heterocycles. The molecule has 1 aromatic heterocycles. The molecular formula is C22H20N2O. The van der Waals surface area contributed by atoms with E-state index in [4.69, 9.17) is 9.72 Å². The summed E-state index contributed by atoms with van der Waals surface area (Å²) in [6.45, 7) is 2.68. The lowest BCUT2D eigenvalue weighted by atomic mass is 9.88. The first-order valence-electron chi connectivity index (χ1n) is 8.59. The minimum absolute atomic E-state index is 0.0850. The van der Waals surface area contributed by atoms with Crippen LogP contribution < -0.4 is 0 Å². The van der Waals surface area contributed by atoms with E-state index in [0.29, 0.717) is 12.5 Å². The van der Waals surface area contributed by atoms with Gasteiger partial charge in [-0.25, -0.2) is 9.98 Å².